The molecular formula is C33H32ClFN4O5S. The van der Waals surface area contributed by atoms with Gasteiger partial charge in [-0.25, -0.2) is 12.8 Å². The monoisotopic (exact) mass is 650 g/mol. The zero-order chi connectivity index (χ0) is 32.0. The molecule has 0 radical (unpaired) electrons. The van der Waals surface area contributed by atoms with Gasteiger partial charge in [0.05, 0.1) is 18.6 Å². The van der Waals surface area contributed by atoms with E-state index >= 15 is 0 Å². The van der Waals surface area contributed by atoms with Crippen molar-refractivity contribution in [3.05, 3.63) is 119 Å². The number of ether oxygens (including phenoxy) is 1. The van der Waals surface area contributed by atoms with Gasteiger partial charge in [-0.15, -0.1) is 0 Å². The average Bonchev–Trinajstić information content (AvgIpc) is 3.06. The molecule has 1 heterocycles. The van der Waals surface area contributed by atoms with Gasteiger partial charge >= 0.3 is 0 Å². The van der Waals surface area contributed by atoms with Gasteiger partial charge in [-0.1, -0.05) is 23.7 Å². The molecule has 1 N–H and O–H groups in total. The minimum atomic E-state index is -4.09. The molecule has 2 amide bonds. The van der Waals surface area contributed by atoms with Crippen molar-refractivity contribution in [3.8, 4) is 5.75 Å². The van der Waals surface area contributed by atoms with Gasteiger partial charge in [0.2, 0.25) is 15.9 Å². The van der Waals surface area contributed by atoms with E-state index in [2.05, 4.69) is 10.2 Å². The molecular weight excluding hydrogens is 619 g/mol. The maximum atomic E-state index is 13.5. The standard InChI is InChI=1S/C33H32ClFN4O5S/c1-44-30-14-4-25(5-15-30)33(41)38-20-18-37(19-21-38)29-12-10-28(11-13-29)36-32(40)23-39(22-24-2-8-27(35)9-3-24)45(42,43)31-16-6-26(34)7-17-31/h2-17H,18-23H2,1H3,(H,36,40). The Morgan fingerprint density at radius 3 is 2.09 bits per heavy atom. The maximum Gasteiger partial charge on any atom is 0.253 e. The third-order valence-corrected chi connectivity index (χ3v) is 9.52. The van der Waals surface area contributed by atoms with Gasteiger partial charge in [0.15, 0.2) is 0 Å². The Bertz CT molecular complexity index is 1730. The summed E-state index contributed by atoms with van der Waals surface area (Å²) < 4.78 is 46.6. The molecule has 1 aliphatic rings. The van der Waals surface area contributed by atoms with E-state index < -0.39 is 28.3 Å². The van der Waals surface area contributed by atoms with Crippen molar-refractivity contribution in [2.45, 2.75) is 11.4 Å². The molecule has 45 heavy (non-hydrogen) atoms. The Labute approximate surface area is 266 Å². The Balaban J connectivity index is 1.20. The van der Waals surface area contributed by atoms with Crippen LogP contribution in [0.5, 0.6) is 5.75 Å². The first-order chi connectivity index (χ1) is 21.6. The lowest BCUT2D eigenvalue weighted by molar-refractivity contribution is -0.116. The number of anilines is 2. The molecule has 0 aliphatic carbocycles. The molecule has 4 aromatic rings. The number of piperazine rings is 1. The van der Waals surface area contributed by atoms with Crippen LogP contribution < -0.4 is 15.0 Å². The van der Waals surface area contributed by atoms with Crippen LogP contribution in [0.1, 0.15) is 15.9 Å². The van der Waals surface area contributed by atoms with Crippen molar-refractivity contribution >= 4 is 44.8 Å². The first-order valence-electron chi connectivity index (χ1n) is 14.2. The van der Waals surface area contributed by atoms with Gasteiger partial charge in [-0.3, -0.25) is 9.59 Å². The second kappa shape index (κ2) is 14.1. The predicted molar refractivity (Wildman–Crippen MR) is 172 cm³/mol. The number of nitrogens with zero attached hydrogens (tertiary/aromatic N) is 3. The van der Waals surface area contributed by atoms with E-state index in [9.17, 15) is 22.4 Å². The molecule has 12 heteroatoms. The number of hydrogen-bond donors (Lipinski definition) is 1. The fourth-order valence-corrected chi connectivity index (χ4v) is 6.49. The molecule has 0 saturated carbocycles. The summed E-state index contributed by atoms with van der Waals surface area (Å²) in [5.74, 6) is -0.313. The van der Waals surface area contributed by atoms with Crippen LogP contribution in [0.3, 0.4) is 0 Å². The lowest BCUT2D eigenvalue weighted by Gasteiger charge is -2.36. The number of hydrogen-bond acceptors (Lipinski definition) is 6. The summed E-state index contributed by atoms with van der Waals surface area (Å²) in [5.41, 5.74) is 2.58. The zero-order valence-corrected chi connectivity index (χ0v) is 26.1. The largest absolute Gasteiger partial charge is 0.497 e. The molecule has 234 valence electrons. The smallest absolute Gasteiger partial charge is 0.253 e. The number of rotatable bonds is 10. The minimum absolute atomic E-state index is 0.0167. The first kappa shape index (κ1) is 32.0. The maximum absolute atomic E-state index is 13.5. The molecule has 0 atom stereocenters. The summed E-state index contributed by atoms with van der Waals surface area (Å²) in [6.07, 6.45) is 0. The highest BCUT2D eigenvalue weighted by atomic mass is 35.5. The highest BCUT2D eigenvalue weighted by molar-refractivity contribution is 7.89. The molecule has 1 aliphatic heterocycles. The van der Waals surface area contributed by atoms with Gasteiger partial charge in [0.1, 0.15) is 11.6 Å². The van der Waals surface area contributed by atoms with Crippen LogP contribution in [0.2, 0.25) is 5.02 Å². The van der Waals surface area contributed by atoms with Crippen LogP contribution in [-0.4, -0.2) is 69.3 Å². The van der Waals surface area contributed by atoms with Gasteiger partial charge in [-0.05, 0) is 90.5 Å². The van der Waals surface area contributed by atoms with E-state index in [1.165, 1.54) is 48.5 Å². The number of halogens is 2. The summed E-state index contributed by atoms with van der Waals surface area (Å²) in [4.78, 5) is 30.0. The normalized spacial score (nSPS) is 13.5. The highest BCUT2D eigenvalue weighted by Gasteiger charge is 2.27. The molecule has 1 fully saturated rings. The minimum Gasteiger partial charge on any atom is -0.497 e. The second-order valence-electron chi connectivity index (χ2n) is 10.5. The summed E-state index contributed by atoms with van der Waals surface area (Å²) in [6, 6.07) is 25.4. The molecule has 0 bridgehead atoms. The number of nitrogens with one attached hydrogen (secondary N) is 1. The number of sulfonamides is 1. The second-order valence-corrected chi connectivity index (χ2v) is 12.8. The van der Waals surface area contributed by atoms with Crippen LogP contribution in [0.15, 0.2) is 102 Å². The van der Waals surface area contributed by atoms with Gasteiger partial charge in [0, 0.05) is 54.7 Å². The third-order valence-electron chi connectivity index (χ3n) is 7.46. The molecule has 0 unspecified atom stereocenters. The van der Waals surface area contributed by atoms with Gasteiger partial charge in [-0.2, -0.15) is 4.31 Å². The molecule has 1 saturated heterocycles. The van der Waals surface area contributed by atoms with Gasteiger partial charge < -0.3 is 19.9 Å². The highest BCUT2D eigenvalue weighted by Crippen LogP contribution is 2.23. The fraction of sp³-hybridized carbons (Fsp3) is 0.212. The Morgan fingerprint density at radius 1 is 0.867 bits per heavy atom. The Hall–Kier alpha value is -4.45. The van der Waals surface area contributed by atoms with E-state index in [1.54, 1.807) is 43.5 Å². The molecule has 0 aromatic heterocycles. The van der Waals surface area contributed by atoms with Crippen LogP contribution in [-0.2, 0) is 21.4 Å². The van der Waals surface area contributed by atoms with E-state index in [0.717, 1.165) is 9.99 Å². The van der Waals surface area contributed by atoms with Crippen molar-refractivity contribution in [1.82, 2.24) is 9.21 Å². The number of amides is 2. The van der Waals surface area contributed by atoms with E-state index in [0.29, 0.717) is 53.8 Å². The van der Waals surface area contributed by atoms with Crippen LogP contribution >= 0.6 is 11.6 Å². The van der Waals surface area contributed by atoms with Crippen LogP contribution in [0, 0.1) is 5.82 Å². The lowest BCUT2D eigenvalue weighted by Crippen LogP contribution is -2.48. The molecule has 4 aromatic carbocycles. The molecule has 0 spiro atoms. The summed E-state index contributed by atoms with van der Waals surface area (Å²) in [7, 11) is -2.50. The van der Waals surface area contributed by atoms with E-state index in [-0.39, 0.29) is 17.3 Å². The third kappa shape index (κ3) is 7.99. The van der Waals surface area contributed by atoms with E-state index in [1.807, 2.05) is 17.0 Å². The molecule has 9 nitrogen and oxygen atoms in total. The van der Waals surface area contributed by atoms with Crippen molar-refractivity contribution in [2.75, 3.05) is 50.1 Å². The predicted octanol–water partition coefficient (Wildman–Crippen LogP) is 5.28. The zero-order valence-electron chi connectivity index (χ0n) is 24.5. The van der Waals surface area contributed by atoms with E-state index in [4.69, 9.17) is 16.3 Å². The summed E-state index contributed by atoms with van der Waals surface area (Å²) in [6.45, 7) is 1.83. The summed E-state index contributed by atoms with van der Waals surface area (Å²) in [5, 5.41) is 3.15. The topological polar surface area (TPSA) is 99.3 Å². The van der Waals surface area contributed by atoms with Crippen molar-refractivity contribution in [1.29, 1.82) is 0 Å². The number of carbonyl (C=O) groups excluding carboxylic acids is 2. The quantitative estimate of drug-likeness (QED) is 0.251. The SMILES string of the molecule is COc1ccc(C(=O)N2CCN(c3ccc(NC(=O)CN(Cc4ccc(F)cc4)S(=O)(=O)c4ccc(Cl)cc4)cc3)CC2)cc1. The average molecular weight is 651 g/mol. The Morgan fingerprint density at radius 2 is 1.49 bits per heavy atom. The number of benzene rings is 4. The van der Waals surface area contributed by atoms with Crippen molar-refractivity contribution in [3.63, 3.8) is 0 Å². The molecule has 5 rings (SSSR count). The van der Waals surface area contributed by atoms with Crippen molar-refractivity contribution < 1.29 is 27.1 Å². The van der Waals surface area contributed by atoms with Crippen LogP contribution in [0.25, 0.3) is 0 Å². The fourth-order valence-electron chi connectivity index (χ4n) is 4.98. The summed E-state index contributed by atoms with van der Waals surface area (Å²) >= 11 is 5.94. The number of carbonyl (C=O) groups is 2. The lowest BCUT2D eigenvalue weighted by atomic mass is 10.1. The number of methoxy groups -OCH3 is 1. The van der Waals surface area contributed by atoms with Gasteiger partial charge in [0.25, 0.3) is 5.91 Å². The van der Waals surface area contributed by atoms with Crippen LogP contribution in [0.4, 0.5) is 15.8 Å². The Kier molecular flexibility index (Phi) is 10.0. The first-order valence-corrected chi connectivity index (χ1v) is 16.0. The van der Waals surface area contributed by atoms with Crippen molar-refractivity contribution in [2.24, 2.45) is 0 Å².